The van der Waals surface area contributed by atoms with Crippen LogP contribution in [-0.4, -0.2) is 42.7 Å². The van der Waals surface area contributed by atoms with Gasteiger partial charge < -0.3 is 20.1 Å². The van der Waals surface area contributed by atoms with E-state index in [4.69, 9.17) is 15.2 Å². The maximum atomic E-state index is 12.2. The van der Waals surface area contributed by atoms with E-state index in [0.717, 1.165) is 0 Å². The fourth-order valence-corrected chi connectivity index (χ4v) is 2.15. The van der Waals surface area contributed by atoms with Crippen LogP contribution >= 0.6 is 0 Å². The number of amides is 1. The number of ether oxygens (including phenoxy) is 2. The van der Waals surface area contributed by atoms with Crippen LogP contribution in [0.1, 0.15) is 13.8 Å². The molecular formula is C14H20N2O3. The zero-order valence-electron chi connectivity index (χ0n) is 11.4. The van der Waals surface area contributed by atoms with Gasteiger partial charge in [0.15, 0.2) is 6.61 Å². The Balaban J connectivity index is 1.94. The molecule has 2 rings (SSSR count). The summed E-state index contributed by atoms with van der Waals surface area (Å²) < 4.78 is 10.9. The number of carbonyl (C=O) groups excluding carboxylic acids is 1. The molecular weight excluding hydrogens is 244 g/mol. The van der Waals surface area contributed by atoms with Crippen LogP contribution in [-0.2, 0) is 9.53 Å². The van der Waals surface area contributed by atoms with Crippen molar-refractivity contribution in [1.82, 2.24) is 4.90 Å². The molecule has 0 aromatic heterocycles. The Labute approximate surface area is 113 Å². The standard InChI is InChI=1S/C14H20N2O3/c1-14(2)10-18-7-6-16(14)13(17)9-19-12-5-3-4-11(15)8-12/h3-5,8H,6-7,9-10,15H2,1-2H3. The lowest BCUT2D eigenvalue weighted by Crippen LogP contribution is -2.56. The van der Waals surface area contributed by atoms with Crippen molar-refractivity contribution in [3.8, 4) is 5.75 Å². The first-order valence-electron chi connectivity index (χ1n) is 6.35. The molecule has 2 N–H and O–H groups in total. The number of nitrogens with two attached hydrogens (primary N) is 1. The molecule has 0 spiro atoms. The summed E-state index contributed by atoms with van der Waals surface area (Å²) in [6, 6.07) is 7.07. The van der Waals surface area contributed by atoms with Gasteiger partial charge in [0.2, 0.25) is 0 Å². The van der Waals surface area contributed by atoms with Crippen LogP contribution in [0.15, 0.2) is 24.3 Å². The smallest absolute Gasteiger partial charge is 0.261 e. The largest absolute Gasteiger partial charge is 0.484 e. The summed E-state index contributed by atoms with van der Waals surface area (Å²) in [5.74, 6) is 0.579. The van der Waals surface area contributed by atoms with E-state index in [9.17, 15) is 4.79 Å². The second-order valence-electron chi connectivity index (χ2n) is 5.27. The van der Waals surface area contributed by atoms with E-state index in [1.807, 2.05) is 18.7 Å². The first-order chi connectivity index (χ1) is 8.99. The van der Waals surface area contributed by atoms with E-state index < -0.39 is 0 Å². The van der Waals surface area contributed by atoms with Gasteiger partial charge in [-0.05, 0) is 26.0 Å². The van der Waals surface area contributed by atoms with E-state index in [1.165, 1.54) is 0 Å². The fourth-order valence-electron chi connectivity index (χ4n) is 2.15. The van der Waals surface area contributed by atoms with Gasteiger partial charge in [0.1, 0.15) is 5.75 Å². The minimum atomic E-state index is -0.283. The van der Waals surface area contributed by atoms with E-state index in [-0.39, 0.29) is 18.1 Å². The molecule has 1 aromatic carbocycles. The zero-order valence-corrected chi connectivity index (χ0v) is 11.4. The van der Waals surface area contributed by atoms with Crippen LogP contribution in [0.2, 0.25) is 0 Å². The Morgan fingerprint density at radius 3 is 3.00 bits per heavy atom. The molecule has 0 radical (unpaired) electrons. The number of anilines is 1. The molecule has 5 heteroatoms. The van der Waals surface area contributed by atoms with Crippen LogP contribution in [0.3, 0.4) is 0 Å². The minimum Gasteiger partial charge on any atom is -0.484 e. The van der Waals surface area contributed by atoms with E-state index in [2.05, 4.69) is 0 Å². The molecule has 1 aromatic rings. The summed E-state index contributed by atoms with van der Waals surface area (Å²) in [4.78, 5) is 14.0. The average molecular weight is 264 g/mol. The number of rotatable bonds is 3. The molecule has 1 aliphatic heterocycles. The van der Waals surface area contributed by atoms with Crippen molar-refractivity contribution >= 4 is 11.6 Å². The zero-order chi connectivity index (χ0) is 13.9. The third-order valence-electron chi connectivity index (χ3n) is 3.17. The van der Waals surface area contributed by atoms with E-state index in [0.29, 0.717) is 31.2 Å². The SMILES string of the molecule is CC1(C)COCCN1C(=O)COc1cccc(N)c1. The monoisotopic (exact) mass is 264 g/mol. The molecule has 0 unspecified atom stereocenters. The van der Waals surface area contributed by atoms with Crippen molar-refractivity contribution in [2.75, 3.05) is 32.1 Å². The molecule has 0 aliphatic carbocycles. The summed E-state index contributed by atoms with van der Waals surface area (Å²) in [7, 11) is 0. The maximum Gasteiger partial charge on any atom is 0.261 e. The maximum absolute atomic E-state index is 12.2. The molecule has 0 saturated carbocycles. The van der Waals surface area contributed by atoms with Crippen LogP contribution in [0.5, 0.6) is 5.75 Å². The lowest BCUT2D eigenvalue weighted by Gasteiger charge is -2.42. The first kappa shape index (κ1) is 13.7. The van der Waals surface area contributed by atoms with Crippen LogP contribution in [0.4, 0.5) is 5.69 Å². The molecule has 1 heterocycles. The summed E-state index contributed by atoms with van der Waals surface area (Å²) >= 11 is 0. The topological polar surface area (TPSA) is 64.8 Å². The molecule has 1 fully saturated rings. The molecule has 1 saturated heterocycles. The highest BCUT2D eigenvalue weighted by atomic mass is 16.5. The Bertz CT molecular complexity index is 460. The van der Waals surface area contributed by atoms with Gasteiger partial charge in [0.25, 0.3) is 5.91 Å². The van der Waals surface area contributed by atoms with E-state index >= 15 is 0 Å². The van der Waals surface area contributed by atoms with Gasteiger partial charge in [-0.3, -0.25) is 4.79 Å². The highest BCUT2D eigenvalue weighted by Crippen LogP contribution is 2.20. The van der Waals surface area contributed by atoms with Crippen molar-refractivity contribution in [3.63, 3.8) is 0 Å². The molecule has 0 atom stereocenters. The number of hydrogen-bond acceptors (Lipinski definition) is 4. The van der Waals surface area contributed by atoms with Crippen molar-refractivity contribution in [2.24, 2.45) is 0 Å². The highest BCUT2D eigenvalue weighted by molar-refractivity contribution is 5.78. The third kappa shape index (κ3) is 3.38. The number of carbonyl (C=O) groups is 1. The Hall–Kier alpha value is -1.75. The van der Waals surface area contributed by atoms with Crippen LogP contribution in [0.25, 0.3) is 0 Å². The number of benzene rings is 1. The van der Waals surface area contributed by atoms with E-state index in [1.54, 1.807) is 24.3 Å². The minimum absolute atomic E-state index is 0.0207. The predicted molar refractivity (Wildman–Crippen MR) is 73.0 cm³/mol. The summed E-state index contributed by atoms with van der Waals surface area (Å²) in [5, 5.41) is 0. The Morgan fingerprint density at radius 2 is 2.32 bits per heavy atom. The first-order valence-corrected chi connectivity index (χ1v) is 6.35. The molecule has 1 amide bonds. The average Bonchev–Trinajstić information content (AvgIpc) is 2.35. The van der Waals surface area contributed by atoms with Crippen molar-refractivity contribution in [1.29, 1.82) is 0 Å². The second kappa shape index (κ2) is 5.48. The lowest BCUT2D eigenvalue weighted by atomic mass is 10.0. The van der Waals surface area contributed by atoms with Gasteiger partial charge in [-0.15, -0.1) is 0 Å². The number of nitrogens with zero attached hydrogens (tertiary/aromatic N) is 1. The van der Waals surface area contributed by atoms with Gasteiger partial charge in [0.05, 0.1) is 18.8 Å². The normalized spacial score (nSPS) is 18.1. The highest BCUT2D eigenvalue weighted by Gasteiger charge is 2.34. The lowest BCUT2D eigenvalue weighted by molar-refractivity contribution is -0.148. The molecule has 104 valence electrons. The van der Waals surface area contributed by atoms with Gasteiger partial charge in [-0.1, -0.05) is 6.07 Å². The van der Waals surface area contributed by atoms with Crippen molar-refractivity contribution in [2.45, 2.75) is 19.4 Å². The molecule has 0 bridgehead atoms. The molecule has 5 nitrogen and oxygen atoms in total. The number of hydrogen-bond donors (Lipinski definition) is 1. The summed E-state index contributed by atoms with van der Waals surface area (Å²) in [6.07, 6.45) is 0. The summed E-state index contributed by atoms with van der Waals surface area (Å²) in [6.45, 7) is 5.73. The Morgan fingerprint density at radius 1 is 1.53 bits per heavy atom. The fraction of sp³-hybridized carbons (Fsp3) is 0.500. The van der Waals surface area contributed by atoms with Crippen LogP contribution < -0.4 is 10.5 Å². The predicted octanol–water partition coefficient (Wildman–Crippen LogP) is 1.28. The quantitative estimate of drug-likeness (QED) is 0.835. The van der Waals surface area contributed by atoms with Crippen molar-refractivity contribution < 1.29 is 14.3 Å². The van der Waals surface area contributed by atoms with Gasteiger partial charge >= 0.3 is 0 Å². The van der Waals surface area contributed by atoms with Crippen molar-refractivity contribution in [3.05, 3.63) is 24.3 Å². The number of nitrogen functional groups attached to an aromatic ring is 1. The van der Waals surface area contributed by atoms with Gasteiger partial charge in [-0.25, -0.2) is 0 Å². The summed E-state index contributed by atoms with van der Waals surface area (Å²) in [5.41, 5.74) is 6.00. The molecule has 19 heavy (non-hydrogen) atoms. The van der Waals surface area contributed by atoms with Gasteiger partial charge in [-0.2, -0.15) is 0 Å². The van der Waals surface area contributed by atoms with Gasteiger partial charge in [0, 0.05) is 18.3 Å². The second-order valence-corrected chi connectivity index (χ2v) is 5.27. The third-order valence-corrected chi connectivity index (χ3v) is 3.17. The van der Waals surface area contributed by atoms with Crippen LogP contribution in [0, 0.1) is 0 Å². The number of morpholine rings is 1. The molecule has 1 aliphatic rings. The Kier molecular flexibility index (Phi) is 3.95.